The Labute approximate surface area is 238 Å². The molecule has 7 nitrogen and oxygen atoms in total. The Balaban J connectivity index is 1.39. The molecular formula is C29H31F6N3O4. The summed E-state index contributed by atoms with van der Waals surface area (Å²) in [6.45, 7) is 5.64. The summed E-state index contributed by atoms with van der Waals surface area (Å²) < 4.78 is 96.0. The van der Waals surface area contributed by atoms with Crippen LogP contribution in [-0.4, -0.2) is 39.9 Å². The number of benzene rings is 2. The van der Waals surface area contributed by atoms with Gasteiger partial charge in [0.25, 0.3) is 0 Å². The van der Waals surface area contributed by atoms with Crippen molar-refractivity contribution in [1.29, 1.82) is 0 Å². The molecule has 0 radical (unpaired) electrons. The van der Waals surface area contributed by atoms with Gasteiger partial charge in [-0.15, -0.1) is 0 Å². The Morgan fingerprint density at radius 3 is 2.36 bits per heavy atom. The predicted octanol–water partition coefficient (Wildman–Crippen LogP) is 8.25. The lowest BCUT2D eigenvalue weighted by Gasteiger charge is -2.26. The average molecular weight is 600 g/mol. The standard InChI is InChI=1S/C29H31F6N3O4/c1-27(2,3)41-26(39)38-15-6-8-22(38)25-36-24(37-42-25)19-11-14-23(21(17-19)29(33,34)35)40-16-5-4-7-18-9-12-20(13-10-18)28(30,31)32/h9-14,17,22H,4-8,15-16H2,1-3H3. The van der Waals surface area contributed by atoms with Crippen molar-refractivity contribution in [3.05, 3.63) is 65.0 Å². The fraction of sp³-hybridized carbons (Fsp3) is 0.483. The number of carbonyl (C=O) groups excluding carboxylic acids is 1. The van der Waals surface area contributed by atoms with Crippen molar-refractivity contribution < 1.29 is 45.1 Å². The number of hydrogen-bond donors (Lipinski definition) is 0. The van der Waals surface area contributed by atoms with E-state index in [-0.39, 0.29) is 29.6 Å². The van der Waals surface area contributed by atoms with Crippen LogP contribution in [0.1, 0.15) is 75.1 Å². The van der Waals surface area contributed by atoms with Crippen molar-refractivity contribution in [2.24, 2.45) is 0 Å². The van der Waals surface area contributed by atoms with Crippen molar-refractivity contribution in [3.63, 3.8) is 0 Å². The summed E-state index contributed by atoms with van der Waals surface area (Å²) in [6.07, 6.45) is -7.10. The molecule has 1 amide bonds. The van der Waals surface area contributed by atoms with E-state index in [0.717, 1.165) is 18.2 Å². The number of halogens is 6. The average Bonchev–Trinajstić information content (AvgIpc) is 3.57. The van der Waals surface area contributed by atoms with Gasteiger partial charge in [-0.25, -0.2) is 4.79 Å². The quantitative estimate of drug-likeness (QED) is 0.192. The molecule has 0 bridgehead atoms. The van der Waals surface area contributed by atoms with Crippen LogP contribution in [0.4, 0.5) is 31.1 Å². The summed E-state index contributed by atoms with van der Waals surface area (Å²) in [7, 11) is 0. The molecule has 3 aromatic rings. The molecule has 1 fully saturated rings. The van der Waals surface area contributed by atoms with Gasteiger partial charge >= 0.3 is 18.4 Å². The Hall–Kier alpha value is -3.77. The SMILES string of the molecule is CC(C)(C)OC(=O)N1CCCC1c1nc(-c2ccc(OCCCCc3ccc(C(F)(F)F)cc3)c(C(F)(F)F)c2)no1. The first-order valence-electron chi connectivity index (χ1n) is 13.5. The van der Waals surface area contributed by atoms with Gasteiger partial charge in [0.15, 0.2) is 0 Å². The molecule has 1 unspecified atom stereocenters. The van der Waals surface area contributed by atoms with Gasteiger partial charge in [0.05, 0.1) is 17.7 Å². The minimum atomic E-state index is -4.73. The smallest absolute Gasteiger partial charge is 0.419 e. The van der Waals surface area contributed by atoms with E-state index in [1.807, 2.05) is 0 Å². The number of alkyl halides is 6. The third kappa shape index (κ3) is 7.95. The molecule has 13 heteroatoms. The Morgan fingerprint density at radius 2 is 1.71 bits per heavy atom. The maximum Gasteiger partial charge on any atom is 0.419 e. The molecule has 0 N–H and O–H groups in total. The number of aryl methyl sites for hydroxylation is 1. The van der Waals surface area contributed by atoms with Gasteiger partial charge in [-0.1, -0.05) is 17.3 Å². The summed E-state index contributed by atoms with van der Waals surface area (Å²) in [5.41, 5.74) is -1.70. The second kappa shape index (κ2) is 12.2. The second-order valence-electron chi connectivity index (χ2n) is 11.0. The lowest BCUT2D eigenvalue weighted by molar-refractivity contribution is -0.139. The van der Waals surface area contributed by atoms with Crippen molar-refractivity contribution in [2.45, 2.75) is 76.9 Å². The fourth-order valence-electron chi connectivity index (χ4n) is 4.54. The molecule has 0 saturated carbocycles. The minimum Gasteiger partial charge on any atom is -0.493 e. The van der Waals surface area contributed by atoms with Crippen LogP contribution in [0.3, 0.4) is 0 Å². The highest BCUT2D eigenvalue weighted by molar-refractivity contribution is 5.69. The number of carbonyl (C=O) groups is 1. The monoisotopic (exact) mass is 599 g/mol. The van der Waals surface area contributed by atoms with Gasteiger partial charge in [-0.2, -0.15) is 31.3 Å². The third-order valence-corrected chi connectivity index (χ3v) is 6.55. The van der Waals surface area contributed by atoms with Gasteiger partial charge in [-0.3, -0.25) is 4.90 Å². The number of likely N-dealkylation sites (tertiary alicyclic amines) is 1. The number of rotatable bonds is 8. The molecule has 1 aromatic heterocycles. The molecule has 1 atom stereocenters. The van der Waals surface area contributed by atoms with E-state index in [1.54, 1.807) is 20.8 Å². The largest absolute Gasteiger partial charge is 0.493 e. The number of hydrogen-bond acceptors (Lipinski definition) is 6. The summed E-state index contributed by atoms with van der Waals surface area (Å²) in [6, 6.07) is 7.68. The van der Waals surface area contributed by atoms with E-state index in [9.17, 15) is 31.1 Å². The molecule has 0 spiro atoms. The van der Waals surface area contributed by atoms with Crippen molar-refractivity contribution >= 4 is 6.09 Å². The van der Waals surface area contributed by atoms with Gasteiger partial charge in [0.1, 0.15) is 17.4 Å². The van der Waals surface area contributed by atoms with E-state index in [0.29, 0.717) is 44.2 Å². The Morgan fingerprint density at radius 1 is 1.00 bits per heavy atom. The maximum atomic E-state index is 13.9. The Bertz CT molecular complexity index is 1360. The van der Waals surface area contributed by atoms with E-state index in [2.05, 4.69) is 10.1 Å². The van der Waals surface area contributed by atoms with Crippen LogP contribution in [0.25, 0.3) is 11.4 Å². The molecule has 2 heterocycles. The van der Waals surface area contributed by atoms with Crippen molar-refractivity contribution in [2.75, 3.05) is 13.2 Å². The highest BCUT2D eigenvalue weighted by Crippen LogP contribution is 2.39. The highest BCUT2D eigenvalue weighted by atomic mass is 19.4. The lowest BCUT2D eigenvalue weighted by atomic mass is 10.1. The van der Waals surface area contributed by atoms with E-state index in [4.69, 9.17) is 14.0 Å². The zero-order chi connectivity index (χ0) is 30.7. The molecular weight excluding hydrogens is 568 g/mol. The molecule has 228 valence electrons. The number of aromatic nitrogens is 2. The molecule has 4 rings (SSSR count). The number of nitrogens with zero attached hydrogens (tertiary/aromatic N) is 3. The minimum absolute atomic E-state index is 0.0163. The normalized spacial score (nSPS) is 16.1. The van der Waals surface area contributed by atoms with Crippen molar-refractivity contribution in [1.82, 2.24) is 15.0 Å². The van der Waals surface area contributed by atoms with Gasteiger partial charge < -0.3 is 14.0 Å². The predicted molar refractivity (Wildman–Crippen MR) is 140 cm³/mol. The van der Waals surface area contributed by atoms with Crippen LogP contribution in [0.5, 0.6) is 5.75 Å². The van der Waals surface area contributed by atoms with Gasteiger partial charge in [0.2, 0.25) is 11.7 Å². The molecule has 1 aliphatic heterocycles. The van der Waals surface area contributed by atoms with E-state index >= 15 is 0 Å². The van der Waals surface area contributed by atoms with Crippen LogP contribution in [0, 0.1) is 0 Å². The molecule has 42 heavy (non-hydrogen) atoms. The first kappa shape index (κ1) is 31.2. The van der Waals surface area contributed by atoms with E-state index < -0.39 is 41.2 Å². The summed E-state index contributed by atoms with van der Waals surface area (Å²) in [4.78, 5) is 18.3. The first-order valence-corrected chi connectivity index (χ1v) is 13.5. The summed E-state index contributed by atoms with van der Waals surface area (Å²) >= 11 is 0. The number of amides is 1. The van der Waals surface area contributed by atoms with Crippen LogP contribution >= 0.6 is 0 Å². The van der Waals surface area contributed by atoms with Crippen LogP contribution in [-0.2, 0) is 23.5 Å². The number of unbranched alkanes of at least 4 members (excludes halogenated alkanes) is 1. The van der Waals surface area contributed by atoms with Gasteiger partial charge in [-0.05, 0) is 88.8 Å². The zero-order valence-corrected chi connectivity index (χ0v) is 23.3. The van der Waals surface area contributed by atoms with E-state index in [1.165, 1.54) is 29.2 Å². The zero-order valence-electron chi connectivity index (χ0n) is 23.3. The second-order valence-corrected chi connectivity index (χ2v) is 11.0. The Kier molecular flexibility index (Phi) is 9.07. The molecule has 1 saturated heterocycles. The highest BCUT2D eigenvalue weighted by Gasteiger charge is 2.38. The van der Waals surface area contributed by atoms with Crippen LogP contribution in [0.2, 0.25) is 0 Å². The lowest BCUT2D eigenvalue weighted by Crippen LogP contribution is -2.36. The maximum absolute atomic E-state index is 13.9. The summed E-state index contributed by atoms with van der Waals surface area (Å²) in [5, 5.41) is 3.85. The third-order valence-electron chi connectivity index (χ3n) is 6.55. The van der Waals surface area contributed by atoms with Crippen LogP contribution < -0.4 is 4.74 Å². The summed E-state index contributed by atoms with van der Waals surface area (Å²) in [5.74, 6) is -0.318. The van der Waals surface area contributed by atoms with Crippen molar-refractivity contribution in [3.8, 4) is 17.1 Å². The number of ether oxygens (including phenoxy) is 2. The first-order chi connectivity index (χ1) is 19.6. The molecule has 2 aromatic carbocycles. The molecule has 0 aliphatic carbocycles. The van der Waals surface area contributed by atoms with Crippen LogP contribution in [0.15, 0.2) is 47.0 Å². The van der Waals surface area contributed by atoms with Gasteiger partial charge in [0, 0.05) is 12.1 Å². The topological polar surface area (TPSA) is 77.7 Å². The molecule has 1 aliphatic rings. The fourth-order valence-corrected chi connectivity index (χ4v) is 4.54.